The summed E-state index contributed by atoms with van der Waals surface area (Å²) >= 11 is 0. The first kappa shape index (κ1) is 13.2. The van der Waals surface area contributed by atoms with E-state index < -0.39 is 5.97 Å². The zero-order chi connectivity index (χ0) is 13.5. The van der Waals surface area contributed by atoms with Crippen LogP contribution in [0.2, 0.25) is 0 Å². The van der Waals surface area contributed by atoms with Gasteiger partial charge in [0.1, 0.15) is 0 Å². The number of fused-ring (bicyclic) bond motifs is 1. The Balaban J connectivity index is 1.65. The third kappa shape index (κ3) is 2.33. The molecule has 3 nitrogen and oxygen atoms in total. The van der Waals surface area contributed by atoms with Crippen molar-refractivity contribution in [3.63, 3.8) is 0 Å². The van der Waals surface area contributed by atoms with Crippen LogP contribution in [0.3, 0.4) is 0 Å². The summed E-state index contributed by atoms with van der Waals surface area (Å²) in [7, 11) is 0. The number of allylic oxidation sites excluding steroid dienone is 2. The molecule has 2 fully saturated rings. The third-order valence-corrected chi connectivity index (χ3v) is 5.76. The number of hydrogen-bond donors (Lipinski definition) is 2. The fraction of sp³-hybridized carbons (Fsp3) is 0.812. The fourth-order valence-electron chi connectivity index (χ4n) is 4.81. The Labute approximate surface area is 115 Å². The highest BCUT2D eigenvalue weighted by Gasteiger charge is 2.54. The maximum absolute atomic E-state index is 11.0. The SMILES string of the molecule is NC[C@]1(CC(=O)O)C[C@H]2CC(CC3CCCC3)=C[C@H]21. The van der Waals surface area contributed by atoms with Crippen molar-refractivity contribution in [3.8, 4) is 0 Å². The maximum atomic E-state index is 11.0. The predicted molar refractivity (Wildman–Crippen MR) is 74.6 cm³/mol. The van der Waals surface area contributed by atoms with Crippen molar-refractivity contribution in [3.05, 3.63) is 11.6 Å². The Bertz CT molecular complexity index is 398. The van der Waals surface area contributed by atoms with Crippen LogP contribution >= 0.6 is 0 Å². The smallest absolute Gasteiger partial charge is 0.303 e. The second-order valence-electron chi connectivity index (χ2n) is 7.01. The summed E-state index contributed by atoms with van der Waals surface area (Å²) in [6.45, 7) is 0.522. The van der Waals surface area contributed by atoms with Crippen LogP contribution in [0.15, 0.2) is 11.6 Å². The van der Waals surface area contributed by atoms with Gasteiger partial charge in [0, 0.05) is 0 Å². The average Bonchev–Trinajstić information content (AvgIpc) is 2.96. The number of aliphatic carboxylic acids is 1. The molecule has 0 saturated heterocycles. The summed E-state index contributed by atoms with van der Waals surface area (Å²) in [5.41, 5.74) is 7.36. The molecule has 0 radical (unpaired) electrons. The molecule has 0 unspecified atom stereocenters. The summed E-state index contributed by atoms with van der Waals surface area (Å²) in [6.07, 6.45) is 11.7. The lowest BCUT2D eigenvalue weighted by Gasteiger charge is -2.51. The van der Waals surface area contributed by atoms with Crippen LogP contribution in [-0.4, -0.2) is 17.6 Å². The van der Waals surface area contributed by atoms with Crippen molar-refractivity contribution in [1.82, 2.24) is 0 Å². The Kier molecular flexibility index (Phi) is 3.42. The minimum absolute atomic E-state index is 0.131. The molecule has 3 aliphatic carbocycles. The lowest BCUT2D eigenvalue weighted by atomic mass is 9.53. The highest BCUT2D eigenvalue weighted by Crippen LogP contribution is 2.60. The van der Waals surface area contributed by atoms with Crippen molar-refractivity contribution in [2.75, 3.05) is 6.54 Å². The highest BCUT2D eigenvalue weighted by atomic mass is 16.4. The van der Waals surface area contributed by atoms with Crippen molar-refractivity contribution in [1.29, 1.82) is 0 Å². The van der Waals surface area contributed by atoms with Crippen LogP contribution in [0.5, 0.6) is 0 Å². The largest absolute Gasteiger partial charge is 0.481 e. The molecule has 3 N–H and O–H groups in total. The van der Waals surface area contributed by atoms with E-state index >= 15 is 0 Å². The Hall–Kier alpha value is -0.830. The van der Waals surface area contributed by atoms with Gasteiger partial charge >= 0.3 is 5.97 Å². The van der Waals surface area contributed by atoms with Crippen LogP contribution in [0, 0.1) is 23.2 Å². The van der Waals surface area contributed by atoms with Gasteiger partial charge in [-0.05, 0) is 49.0 Å². The molecule has 0 aromatic carbocycles. The first-order valence-electron chi connectivity index (χ1n) is 7.74. The van der Waals surface area contributed by atoms with Crippen LogP contribution in [0.1, 0.15) is 51.4 Å². The fourth-order valence-corrected chi connectivity index (χ4v) is 4.81. The summed E-state index contributed by atoms with van der Waals surface area (Å²) in [5.74, 6) is 1.35. The van der Waals surface area contributed by atoms with Gasteiger partial charge in [0.2, 0.25) is 0 Å². The van der Waals surface area contributed by atoms with Gasteiger partial charge in [0.05, 0.1) is 6.42 Å². The molecule has 106 valence electrons. The van der Waals surface area contributed by atoms with Crippen molar-refractivity contribution in [2.24, 2.45) is 28.9 Å². The van der Waals surface area contributed by atoms with E-state index in [1.165, 1.54) is 38.5 Å². The van der Waals surface area contributed by atoms with E-state index in [-0.39, 0.29) is 11.8 Å². The van der Waals surface area contributed by atoms with E-state index in [2.05, 4.69) is 6.08 Å². The molecule has 2 saturated carbocycles. The molecule has 0 bridgehead atoms. The number of carbonyl (C=O) groups is 1. The van der Waals surface area contributed by atoms with Gasteiger partial charge in [-0.25, -0.2) is 0 Å². The molecule has 0 aliphatic heterocycles. The van der Waals surface area contributed by atoms with Gasteiger partial charge in [-0.1, -0.05) is 37.3 Å². The molecule has 0 aromatic rings. The summed E-state index contributed by atoms with van der Waals surface area (Å²) in [5, 5.41) is 9.08. The monoisotopic (exact) mass is 263 g/mol. The standard InChI is InChI=1S/C16H25NO2/c17-10-16(9-15(18)19)8-13-6-12(7-14(13)16)5-11-3-1-2-4-11/h7,11,13-14H,1-6,8-10,17H2,(H,18,19)/t13-,14-,16-/m1/s1. The molecule has 3 heteroatoms. The van der Waals surface area contributed by atoms with Crippen molar-refractivity contribution >= 4 is 5.97 Å². The van der Waals surface area contributed by atoms with E-state index in [0.717, 1.165) is 12.3 Å². The van der Waals surface area contributed by atoms with E-state index in [4.69, 9.17) is 10.8 Å². The quantitative estimate of drug-likeness (QED) is 0.750. The van der Waals surface area contributed by atoms with E-state index in [0.29, 0.717) is 18.4 Å². The van der Waals surface area contributed by atoms with Crippen molar-refractivity contribution in [2.45, 2.75) is 51.4 Å². The molecule has 0 spiro atoms. The van der Waals surface area contributed by atoms with E-state index in [1.54, 1.807) is 5.57 Å². The van der Waals surface area contributed by atoms with Gasteiger partial charge in [-0.2, -0.15) is 0 Å². The molecule has 19 heavy (non-hydrogen) atoms. The maximum Gasteiger partial charge on any atom is 0.303 e. The normalized spacial score (nSPS) is 37.8. The Morgan fingerprint density at radius 2 is 2.16 bits per heavy atom. The zero-order valence-corrected chi connectivity index (χ0v) is 11.6. The molecule has 0 amide bonds. The summed E-state index contributed by atoms with van der Waals surface area (Å²) in [4.78, 5) is 11.0. The van der Waals surface area contributed by atoms with Gasteiger partial charge in [-0.3, -0.25) is 4.79 Å². The Morgan fingerprint density at radius 1 is 1.42 bits per heavy atom. The molecule has 0 aromatic heterocycles. The second kappa shape index (κ2) is 4.93. The van der Waals surface area contributed by atoms with Crippen LogP contribution in [0.25, 0.3) is 0 Å². The van der Waals surface area contributed by atoms with E-state index in [1.807, 2.05) is 0 Å². The van der Waals surface area contributed by atoms with Gasteiger partial charge in [-0.15, -0.1) is 0 Å². The average molecular weight is 263 g/mol. The third-order valence-electron chi connectivity index (χ3n) is 5.76. The number of nitrogens with two attached hydrogens (primary N) is 1. The lowest BCUT2D eigenvalue weighted by molar-refractivity contribution is -0.144. The summed E-state index contributed by atoms with van der Waals surface area (Å²) < 4.78 is 0. The second-order valence-corrected chi connectivity index (χ2v) is 7.01. The first-order valence-corrected chi connectivity index (χ1v) is 7.74. The number of carboxylic acid groups (broad SMARTS) is 1. The predicted octanol–water partition coefficient (Wildman–Crippen LogP) is 2.95. The number of carboxylic acids is 1. The molecular weight excluding hydrogens is 238 g/mol. The molecule has 3 aliphatic rings. The van der Waals surface area contributed by atoms with E-state index in [9.17, 15) is 4.79 Å². The van der Waals surface area contributed by atoms with Crippen LogP contribution < -0.4 is 5.73 Å². The van der Waals surface area contributed by atoms with Crippen LogP contribution in [0.4, 0.5) is 0 Å². The highest BCUT2D eigenvalue weighted by molar-refractivity contribution is 5.68. The van der Waals surface area contributed by atoms with Gasteiger partial charge in [0.25, 0.3) is 0 Å². The number of hydrogen-bond acceptors (Lipinski definition) is 2. The van der Waals surface area contributed by atoms with Crippen molar-refractivity contribution < 1.29 is 9.90 Å². The van der Waals surface area contributed by atoms with Crippen LogP contribution in [-0.2, 0) is 4.79 Å². The topological polar surface area (TPSA) is 63.3 Å². The zero-order valence-electron chi connectivity index (χ0n) is 11.6. The first-order chi connectivity index (χ1) is 9.13. The summed E-state index contributed by atoms with van der Waals surface area (Å²) in [6, 6.07) is 0. The van der Waals surface area contributed by atoms with Gasteiger partial charge in [0.15, 0.2) is 0 Å². The number of rotatable bonds is 5. The lowest BCUT2D eigenvalue weighted by Crippen LogP contribution is -2.51. The molecule has 3 atom stereocenters. The minimum atomic E-state index is -0.693. The molecular formula is C16H25NO2. The molecule has 3 rings (SSSR count). The Morgan fingerprint density at radius 3 is 2.79 bits per heavy atom. The van der Waals surface area contributed by atoms with Gasteiger partial charge < -0.3 is 10.8 Å². The minimum Gasteiger partial charge on any atom is -0.481 e. The molecule has 0 heterocycles.